The normalized spacial score (nSPS) is 19.2. The lowest BCUT2D eigenvalue weighted by molar-refractivity contribution is 0.188. The van der Waals surface area contributed by atoms with Crippen molar-refractivity contribution in [2.75, 3.05) is 26.2 Å². The van der Waals surface area contributed by atoms with Gasteiger partial charge in [0.25, 0.3) is 0 Å². The summed E-state index contributed by atoms with van der Waals surface area (Å²) in [5, 5.41) is 3.49. The minimum Gasteiger partial charge on any atom is -0.310 e. The van der Waals surface area contributed by atoms with Crippen LogP contribution in [-0.2, 0) is 0 Å². The largest absolute Gasteiger partial charge is 0.310 e. The summed E-state index contributed by atoms with van der Waals surface area (Å²) in [6, 6.07) is 5.35. The third-order valence-electron chi connectivity index (χ3n) is 4.30. The third-order valence-corrected chi connectivity index (χ3v) is 4.79. The minimum absolute atomic E-state index is 0.0623. The monoisotopic (exact) mass is 342 g/mol. The molecule has 0 amide bonds. The van der Waals surface area contributed by atoms with Crippen LogP contribution in [0.3, 0.4) is 0 Å². The van der Waals surface area contributed by atoms with Crippen LogP contribution in [0.2, 0.25) is 0 Å². The molecule has 1 aliphatic heterocycles. The maximum absolute atomic E-state index is 13.9. The van der Waals surface area contributed by atoms with Crippen molar-refractivity contribution in [3.8, 4) is 0 Å². The number of halogens is 2. The van der Waals surface area contributed by atoms with E-state index in [1.807, 2.05) is 19.1 Å². The van der Waals surface area contributed by atoms with Gasteiger partial charge in [-0.05, 0) is 64.0 Å². The first-order valence-corrected chi connectivity index (χ1v) is 8.30. The second-order valence-corrected chi connectivity index (χ2v) is 6.59. The van der Waals surface area contributed by atoms with Gasteiger partial charge in [0, 0.05) is 16.1 Å². The summed E-state index contributed by atoms with van der Waals surface area (Å²) in [6.07, 6.45) is 2.49. The number of nitrogens with zero attached hydrogens (tertiary/aromatic N) is 1. The van der Waals surface area contributed by atoms with E-state index in [9.17, 15) is 4.39 Å². The number of hydrogen-bond donors (Lipinski definition) is 1. The van der Waals surface area contributed by atoms with Crippen LogP contribution in [0.15, 0.2) is 22.7 Å². The zero-order valence-electron chi connectivity index (χ0n) is 12.3. The second kappa shape index (κ2) is 7.53. The summed E-state index contributed by atoms with van der Waals surface area (Å²) in [5.74, 6) is 0.582. The van der Waals surface area contributed by atoms with Crippen LogP contribution in [0, 0.1) is 11.7 Å². The van der Waals surface area contributed by atoms with E-state index in [0.717, 1.165) is 29.0 Å². The Morgan fingerprint density at radius 2 is 2.10 bits per heavy atom. The molecule has 1 saturated heterocycles. The lowest BCUT2D eigenvalue weighted by atomic mass is 9.96. The summed E-state index contributed by atoms with van der Waals surface area (Å²) in [7, 11) is 0. The molecule has 1 fully saturated rings. The average Bonchev–Trinajstić information content (AvgIpc) is 2.45. The van der Waals surface area contributed by atoms with E-state index >= 15 is 0 Å². The van der Waals surface area contributed by atoms with Crippen molar-refractivity contribution in [3.63, 3.8) is 0 Å². The summed E-state index contributed by atoms with van der Waals surface area (Å²) < 4.78 is 14.7. The predicted molar refractivity (Wildman–Crippen MR) is 85.4 cm³/mol. The molecule has 1 unspecified atom stereocenters. The summed E-state index contributed by atoms with van der Waals surface area (Å²) in [5.41, 5.74) is 0.749. The van der Waals surface area contributed by atoms with Gasteiger partial charge in [-0.2, -0.15) is 0 Å². The number of likely N-dealkylation sites (tertiary alicyclic amines) is 1. The fraction of sp³-hybridized carbons (Fsp3) is 0.625. The highest BCUT2D eigenvalue weighted by Crippen LogP contribution is 2.22. The van der Waals surface area contributed by atoms with Gasteiger partial charge in [0.15, 0.2) is 0 Å². The maximum atomic E-state index is 13.9. The van der Waals surface area contributed by atoms with Crippen molar-refractivity contribution >= 4 is 15.9 Å². The molecule has 1 aliphatic rings. The van der Waals surface area contributed by atoms with Crippen LogP contribution in [0.25, 0.3) is 0 Å². The molecule has 4 heteroatoms. The Hall–Kier alpha value is -0.450. The Kier molecular flexibility index (Phi) is 6.00. The SMILES string of the molecule is CCN1CCC(CNC(C)c2ccc(Br)cc2F)CC1. The molecule has 0 bridgehead atoms. The summed E-state index contributed by atoms with van der Waals surface area (Å²) in [6.45, 7) is 8.78. The molecule has 1 atom stereocenters. The van der Waals surface area contributed by atoms with Gasteiger partial charge < -0.3 is 10.2 Å². The molecule has 1 aromatic carbocycles. The molecule has 2 rings (SSSR count). The van der Waals surface area contributed by atoms with E-state index < -0.39 is 0 Å². The van der Waals surface area contributed by atoms with Gasteiger partial charge in [-0.3, -0.25) is 0 Å². The van der Waals surface area contributed by atoms with Crippen molar-refractivity contribution in [2.24, 2.45) is 5.92 Å². The van der Waals surface area contributed by atoms with E-state index in [0.29, 0.717) is 0 Å². The zero-order chi connectivity index (χ0) is 14.5. The number of hydrogen-bond acceptors (Lipinski definition) is 2. The van der Waals surface area contributed by atoms with Crippen LogP contribution >= 0.6 is 15.9 Å². The number of rotatable bonds is 5. The summed E-state index contributed by atoms with van der Waals surface area (Å²) >= 11 is 3.29. The second-order valence-electron chi connectivity index (χ2n) is 5.67. The molecule has 0 aliphatic carbocycles. The molecule has 0 radical (unpaired) electrons. The first-order valence-electron chi connectivity index (χ1n) is 7.50. The molecule has 20 heavy (non-hydrogen) atoms. The predicted octanol–water partition coefficient (Wildman–Crippen LogP) is 3.97. The molecular formula is C16H24BrFN2. The molecule has 112 valence electrons. The van der Waals surface area contributed by atoms with Crippen LogP contribution in [0.4, 0.5) is 4.39 Å². The highest BCUT2D eigenvalue weighted by molar-refractivity contribution is 9.10. The molecule has 0 aromatic heterocycles. The van der Waals surface area contributed by atoms with E-state index in [2.05, 4.69) is 33.1 Å². The number of piperidine rings is 1. The van der Waals surface area contributed by atoms with Gasteiger partial charge in [-0.25, -0.2) is 4.39 Å². The van der Waals surface area contributed by atoms with Crippen LogP contribution < -0.4 is 5.32 Å². The van der Waals surface area contributed by atoms with Gasteiger partial charge in [-0.1, -0.05) is 28.9 Å². The molecule has 2 nitrogen and oxygen atoms in total. The fourth-order valence-corrected chi connectivity index (χ4v) is 3.15. The number of nitrogens with one attached hydrogen (secondary N) is 1. The van der Waals surface area contributed by atoms with E-state index in [-0.39, 0.29) is 11.9 Å². The average molecular weight is 343 g/mol. The third kappa shape index (κ3) is 4.27. The van der Waals surface area contributed by atoms with Crippen LogP contribution in [0.5, 0.6) is 0 Å². The van der Waals surface area contributed by atoms with Crippen molar-refractivity contribution in [1.29, 1.82) is 0 Å². The highest BCUT2D eigenvalue weighted by atomic mass is 79.9. The zero-order valence-corrected chi connectivity index (χ0v) is 13.9. The lowest BCUT2D eigenvalue weighted by Crippen LogP contribution is -2.37. The molecule has 1 heterocycles. The van der Waals surface area contributed by atoms with Gasteiger partial charge in [0.1, 0.15) is 5.82 Å². The van der Waals surface area contributed by atoms with Gasteiger partial charge >= 0.3 is 0 Å². The minimum atomic E-state index is -0.139. The van der Waals surface area contributed by atoms with Gasteiger partial charge in [0.2, 0.25) is 0 Å². The Bertz CT molecular complexity index is 430. The molecule has 1 aromatic rings. The van der Waals surface area contributed by atoms with Crippen molar-refractivity contribution in [3.05, 3.63) is 34.1 Å². The van der Waals surface area contributed by atoms with Crippen LogP contribution in [-0.4, -0.2) is 31.1 Å². The van der Waals surface area contributed by atoms with E-state index in [1.165, 1.54) is 32.0 Å². The smallest absolute Gasteiger partial charge is 0.129 e. The van der Waals surface area contributed by atoms with Crippen molar-refractivity contribution in [1.82, 2.24) is 10.2 Å². The lowest BCUT2D eigenvalue weighted by Gasteiger charge is -2.31. The van der Waals surface area contributed by atoms with Crippen molar-refractivity contribution < 1.29 is 4.39 Å². The van der Waals surface area contributed by atoms with Gasteiger partial charge in [0.05, 0.1) is 0 Å². The van der Waals surface area contributed by atoms with E-state index in [1.54, 1.807) is 0 Å². The molecule has 0 saturated carbocycles. The Balaban J connectivity index is 1.82. The first kappa shape index (κ1) is 15.9. The fourth-order valence-electron chi connectivity index (χ4n) is 2.81. The Morgan fingerprint density at radius 1 is 1.40 bits per heavy atom. The highest BCUT2D eigenvalue weighted by Gasteiger charge is 2.19. The topological polar surface area (TPSA) is 15.3 Å². The Morgan fingerprint density at radius 3 is 2.70 bits per heavy atom. The summed E-state index contributed by atoms with van der Waals surface area (Å²) in [4.78, 5) is 2.49. The van der Waals surface area contributed by atoms with Crippen molar-refractivity contribution in [2.45, 2.75) is 32.7 Å². The van der Waals surface area contributed by atoms with E-state index in [4.69, 9.17) is 0 Å². The first-order chi connectivity index (χ1) is 9.60. The molecule has 1 N–H and O–H groups in total. The molecular weight excluding hydrogens is 319 g/mol. The molecule has 0 spiro atoms. The quantitative estimate of drug-likeness (QED) is 0.870. The maximum Gasteiger partial charge on any atom is 0.129 e. The number of benzene rings is 1. The standard InChI is InChI=1S/C16H24BrFN2/c1-3-20-8-6-13(7-9-20)11-19-12(2)15-5-4-14(17)10-16(15)18/h4-5,10,12-13,19H,3,6-9,11H2,1-2H3. The van der Waals surface area contributed by atoms with Gasteiger partial charge in [-0.15, -0.1) is 0 Å². The Labute approximate surface area is 129 Å². The van der Waals surface area contributed by atoms with Crippen LogP contribution in [0.1, 0.15) is 38.3 Å².